The number of nitrogens with zero attached hydrogens (tertiary/aromatic N) is 2. The van der Waals surface area contributed by atoms with Crippen LogP contribution in [0.1, 0.15) is 56.3 Å². The van der Waals surface area contributed by atoms with E-state index < -0.39 is 0 Å². The van der Waals surface area contributed by atoms with Crippen LogP contribution in [0.3, 0.4) is 0 Å². The van der Waals surface area contributed by atoms with Crippen LogP contribution in [-0.4, -0.2) is 21.7 Å². The van der Waals surface area contributed by atoms with Gasteiger partial charge in [-0.25, -0.2) is 0 Å². The molecular formula is C15H27BrN2O. The Morgan fingerprint density at radius 3 is 2.11 bits per heavy atom. The molecule has 0 bridgehead atoms. The summed E-state index contributed by atoms with van der Waals surface area (Å²) in [6, 6.07) is 0. The van der Waals surface area contributed by atoms with Gasteiger partial charge in [-0.1, -0.05) is 48.0 Å². The lowest BCUT2D eigenvalue weighted by atomic mass is 10.1. The van der Waals surface area contributed by atoms with Crippen molar-refractivity contribution >= 4 is 15.9 Å². The zero-order valence-corrected chi connectivity index (χ0v) is 14.1. The Hall–Kier alpha value is -0.510. The maximum Gasteiger partial charge on any atom is 0.162 e. The van der Waals surface area contributed by atoms with Gasteiger partial charge in [0.05, 0.1) is 12.3 Å². The molecule has 0 unspecified atom stereocenters. The van der Waals surface area contributed by atoms with Gasteiger partial charge in [-0.2, -0.15) is 5.10 Å². The van der Waals surface area contributed by atoms with Crippen LogP contribution >= 0.6 is 15.9 Å². The monoisotopic (exact) mass is 330 g/mol. The maximum absolute atomic E-state index is 5.84. The Morgan fingerprint density at radius 1 is 1.00 bits per heavy atom. The summed E-state index contributed by atoms with van der Waals surface area (Å²) < 4.78 is 7.73. The highest BCUT2D eigenvalue weighted by Gasteiger charge is 2.09. The third-order valence-electron chi connectivity index (χ3n) is 3.47. The lowest BCUT2D eigenvalue weighted by Gasteiger charge is -2.06. The van der Waals surface area contributed by atoms with E-state index in [-0.39, 0.29) is 0 Å². The number of hydrogen-bond donors (Lipinski definition) is 0. The van der Waals surface area contributed by atoms with E-state index in [2.05, 4.69) is 28.0 Å². The Kier molecular flexibility index (Phi) is 8.19. The second-order valence-electron chi connectivity index (χ2n) is 5.14. The fourth-order valence-corrected chi connectivity index (χ4v) is 2.61. The molecule has 0 radical (unpaired) electrons. The summed E-state index contributed by atoms with van der Waals surface area (Å²) in [7, 11) is 1.96. The van der Waals surface area contributed by atoms with Crippen molar-refractivity contribution in [2.24, 2.45) is 7.05 Å². The number of aromatic nitrogens is 2. The van der Waals surface area contributed by atoms with Crippen LogP contribution in [0.15, 0.2) is 0 Å². The molecule has 0 saturated carbocycles. The molecule has 0 aromatic carbocycles. The number of aryl methyl sites for hydroxylation is 2. The normalized spacial score (nSPS) is 10.9. The first-order valence-corrected chi connectivity index (χ1v) is 8.48. The van der Waals surface area contributed by atoms with E-state index in [0.717, 1.165) is 35.5 Å². The Labute approximate surface area is 125 Å². The molecule has 3 nitrogen and oxygen atoms in total. The second kappa shape index (κ2) is 9.40. The molecule has 110 valence electrons. The minimum Gasteiger partial charge on any atom is -0.490 e. The molecule has 4 heteroatoms. The number of rotatable bonds is 10. The molecule has 0 aliphatic rings. The van der Waals surface area contributed by atoms with Crippen molar-refractivity contribution in [3.05, 3.63) is 11.4 Å². The van der Waals surface area contributed by atoms with Crippen molar-refractivity contribution in [3.63, 3.8) is 0 Å². The van der Waals surface area contributed by atoms with Crippen LogP contribution in [0.25, 0.3) is 0 Å². The quantitative estimate of drug-likeness (QED) is 0.465. The SMILES string of the molecule is Cc1nn(C)c(C)c1OCCCCCCCCCBr. The minimum absolute atomic E-state index is 0.814. The molecule has 0 aliphatic heterocycles. The van der Waals surface area contributed by atoms with Gasteiger partial charge in [-0.05, 0) is 26.7 Å². The predicted molar refractivity (Wildman–Crippen MR) is 84.3 cm³/mol. The van der Waals surface area contributed by atoms with Crippen LogP contribution in [0, 0.1) is 13.8 Å². The summed E-state index contributed by atoms with van der Waals surface area (Å²) >= 11 is 3.46. The zero-order valence-electron chi connectivity index (χ0n) is 12.5. The van der Waals surface area contributed by atoms with Gasteiger partial charge >= 0.3 is 0 Å². The highest BCUT2D eigenvalue weighted by atomic mass is 79.9. The fraction of sp³-hybridized carbons (Fsp3) is 0.800. The molecule has 1 aromatic rings. The van der Waals surface area contributed by atoms with Gasteiger partial charge in [0, 0.05) is 12.4 Å². The molecule has 0 N–H and O–H groups in total. The maximum atomic E-state index is 5.84. The van der Waals surface area contributed by atoms with Crippen molar-refractivity contribution in [3.8, 4) is 5.75 Å². The number of ether oxygens (including phenoxy) is 1. The van der Waals surface area contributed by atoms with Gasteiger partial charge in [0.25, 0.3) is 0 Å². The number of halogens is 1. The molecule has 1 heterocycles. The highest BCUT2D eigenvalue weighted by molar-refractivity contribution is 9.09. The van der Waals surface area contributed by atoms with Crippen molar-refractivity contribution in [1.29, 1.82) is 0 Å². The average Bonchev–Trinajstić information content (AvgIpc) is 2.63. The summed E-state index contributed by atoms with van der Waals surface area (Å²) in [6.07, 6.45) is 9.14. The van der Waals surface area contributed by atoms with Crippen LogP contribution in [0.4, 0.5) is 0 Å². The lowest BCUT2D eigenvalue weighted by molar-refractivity contribution is 0.300. The smallest absolute Gasteiger partial charge is 0.162 e. The number of hydrogen-bond acceptors (Lipinski definition) is 2. The molecule has 0 saturated heterocycles. The Morgan fingerprint density at radius 2 is 1.58 bits per heavy atom. The molecule has 0 spiro atoms. The molecular weight excluding hydrogens is 304 g/mol. The van der Waals surface area contributed by atoms with Crippen molar-refractivity contribution in [2.45, 2.75) is 58.8 Å². The molecule has 0 aliphatic carbocycles. The number of unbranched alkanes of at least 4 members (excludes halogenated alkanes) is 6. The van der Waals surface area contributed by atoms with Crippen molar-refractivity contribution in [1.82, 2.24) is 9.78 Å². The summed E-state index contributed by atoms with van der Waals surface area (Å²) in [4.78, 5) is 0. The van der Waals surface area contributed by atoms with Crippen molar-refractivity contribution in [2.75, 3.05) is 11.9 Å². The minimum atomic E-state index is 0.814. The van der Waals surface area contributed by atoms with E-state index in [4.69, 9.17) is 4.74 Å². The van der Waals surface area contributed by atoms with Gasteiger partial charge in [0.15, 0.2) is 5.75 Å². The third-order valence-corrected chi connectivity index (χ3v) is 4.03. The van der Waals surface area contributed by atoms with E-state index in [1.54, 1.807) is 0 Å². The summed E-state index contributed by atoms with van der Waals surface area (Å²) in [5.74, 6) is 0.972. The Bertz CT molecular complexity index is 363. The molecule has 0 atom stereocenters. The second-order valence-corrected chi connectivity index (χ2v) is 5.93. The molecule has 1 rings (SSSR count). The highest BCUT2D eigenvalue weighted by Crippen LogP contribution is 2.21. The van der Waals surface area contributed by atoms with Crippen LogP contribution < -0.4 is 4.74 Å². The molecule has 19 heavy (non-hydrogen) atoms. The summed E-state index contributed by atoms with van der Waals surface area (Å²) in [5, 5.41) is 5.50. The Balaban J connectivity index is 2.05. The first-order valence-electron chi connectivity index (χ1n) is 7.35. The molecule has 0 amide bonds. The first kappa shape index (κ1) is 16.5. The lowest BCUT2D eigenvalue weighted by Crippen LogP contribution is -1.99. The van der Waals surface area contributed by atoms with Gasteiger partial charge in [0.1, 0.15) is 5.69 Å². The van der Waals surface area contributed by atoms with E-state index in [1.807, 2.05) is 18.7 Å². The van der Waals surface area contributed by atoms with E-state index >= 15 is 0 Å². The van der Waals surface area contributed by atoms with E-state index in [1.165, 1.54) is 38.5 Å². The summed E-state index contributed by atoms with van der Waals surface area (Å²) in [5.41, 5.74) is 2.11. The molecule has 1 aromatic heterocycles. The van der Waals surface area contributed by atoms with Crippen LogP contribution in [-0.2, 0) is 7.05 Å². The number of alkyl halides is 1. The zero-order chi connectivity index (χ0) is 14.1. The van der Waals surface area contributed by atoms with Crippen LogP contribution in [0.2, 0.25) is 0 Å². The average molecular weight is 331 g/mol. The van der Waals surface area contributed by atoms with Gasteiger partial charge in [-0.15, -0.1) is 0 Å². The van der Waals surface area contributed by atoms with E-state index in [9.17, 15) is 0 Å². The first-order chi connectivity index (χ1) is 9.16. The van der Waals surface area contributed by atoms with E-state index in [0.29, 0.717) is 0 Å². The summed E-state index contributed by atoms with van der Waals surface area (Å²) in [6.45, 7) is 4.88. The standard InChI is InChI=1S/C15H27BrN2O/c1-13-15(14(2)18(3)17-13)19-12-10-8-6-4-5-7-9-11-16/h4-12H2,1-3H3. The third kappa shape index (κ3) is 5.98. The van der Waals surface area contributed by atoms with Gasteiger partial charge < -0.3 is 4.74 Å². The fourth-order valence-electron chi connectivity index (χ4n) is 2.22. The largest absolute Gasteiger partial charge is 0.490 e. The van der Waals surface area contributed by atoms with Gasteiger partial charge in [0.2, 0.25) is 0 Å². The van der Waals surface area contributed by atoms with Gasteiger partial charge in [-0.3, -0.25) is 4.68 Å². The molecule has 0 fully saturated rings. The predicted octanol–water partition coefficient (Wildman–Crippen LogP) is 4.54. The van der Waals surface area contributed by atoms with Crippen molar-refractivity contribution < 1.29 is 4.74 Å². The topological polar surface area (TPSA) is 27.1 Å². The van der Waals surface area contributed by atoms with Crippen LogP contribution in [0.5, 0.6) is 5.75 Å².